The molecule has 1 atom stereocenters. The molecule has 1 unspecified atom stereocenters. The molecule has 10 nitrogen and oxygen atoms in total. The van der Waals surface area contributed by atoms with Gasteiger partial charge in [0.25, 0.3) is 0 Å². The van der Waals surface area contributed by atoms with E-state index in [-0.39, 0.29) is 29.8 Å². The van der Waals surface area contributed by atoms with E-state index >= 15 is 0 Å². The zero-order valence-corrected chi connectivity index (χ0v) is 21.9. The number of hydrogen-bond donors (Lipinski definition) is 1. The third-order valence-electron chi connectivity index (χ3n) is 7.69. The molecule has 11 heteroatoms. The molecule has 206 valence electrons. The van der Waals surface area contributed by atoms with Crippen LogP contribution < -0.4 is 4.74 Å². The van der Waals surface area contributed by atoms with Gasteiger partial charge in [-0.05, 0) is 56.6 Å². The van der Waals surface area contributed by atoms with Crippen LogP contribution in [-0.4, -0.2) is 60.9 Å². The Hall–Kier alpha value is -4.27. The number of ether oxygens (including phenoxy) is 2. The smallest absolute Gasteiger partial charge is 0.337 e. The van der Waals surface area contributed by atoms with Crippen molar-refractivity contribution in [2.24, 2.45) is 0 Å². The highest BCUT2D eigenvalue weighted by Crippen LogP contribution is 2.29. The molecule has 5 heterocycles. The van der Waals surface area contributed by atoms with Crippen molar-refractivity contribution >= 4 is 11.6 Å². The van der Waals surface area contributed by atoms with Gasteiger partial charge in [-0.15, -0.1) is 0 Å². The van der Waals surface area contributed by atoms with Crippen LogP contribution in [0.1, 0.15) is 58.2 Å². The maximum atomic E-state index is 14.2. The second-order valence-corrected chi connectivity index (χ2v) is 10.3. The molecule has 1 aromatic carbocycles. The molecule has 0 amide bonds. The standard InChI is InChI=1S/C29H29FN6O4/c30-24-12-19(14-31)4-5-21(24)18-40-27-3-1-2-25(32-27)20-6-9-34(10-7-20)17-26-33-36-15-22(29(37)38)13-28(36)35(26)16-23-8-11-39-23/h1-5,12-13,15,20,23H,6-11,16-18H2,(H,37,38). The first-order chi connectivity index (χ1) is 19.5. The van der Waals surface area contributed by atoms with Crippen LogP contribution in [0.5, 0.6) is 5.88 Å². The van der Waals surface area contributed by atoms with Gasteiger partial charge in [0.15, 0.2) is 0 Å². The highest BCUT2D eigenvalue weighted by molar-refractivity contribution is 5.89. The van der Waals surface area contributed by atoms with Gasteiger partial charge in [-0.25, -0.2) is 18.7 Å². The number of carboxylic acid groups (broad SMARTS) is 1. The van der Waals surface area contributed by atoms with E-state index in [1.165, 1.54) is 6.07 Å². The largest absolute Gasteiger partial charge is 0.478 e. The first-order valence-electron chi connectivity index (χ1n) is 13.4. The van der Waals surface area contributed by atoms with Crippen molar-refractivity contribution in [3.63, 3.8) is 0 Å². The van der Waals surface area contributed by atoms with Crippen LogP contribution in [-0.2, 0) is 24.4 Å². The van der Waals surface area contributed by atoms with Gasteiger partial charge >= 0.3 is 5.97 Å². The highest BCUT2D eigenvalue weighted by Gasteiger charge is 2.26. The summed E-state index contributed by atoms with van der Waals surface area (Å²) in [5.74, 6) is 0.182. The lowest BCUT2D eigenvalue weighted by atomic mass is 9.93. The molecule has 0 bridgehead atoms. The molecule has 2 fully saturated rings. The number of hydrogen-bond acceptors (Lipinski definition) is 7. The zero-order valence-electron chi connectivity index (χ0n) is 21.9. The van der Waals surface area contributed by atoms with Crippen LogP contribution in [0.3, 0.4) is 0 Å². The summed E-state index contributed by atoms with van der Waals surface area (Å²) in [7, 11) is 0. The summed E-state index contributed by atoms with van der Waals surface area (Å²) in [6.07, 6.45) is 4.52. The predicted octanol–water partition coefficient (Wildman–Crippen LogP) is 3.99. The van der Waals surface area contributed by atoms with Gasteiger partial charge in [0.05, 0.1) is 36.4 Å². The van der Waals surface area contributed by atoms with Crippen LogP contribution in [0.2, 0.25) is 0 Å². The van der Waals surface area contributed by atoms with Crippen LogP contribution in [0, 0.1) is 17.1 Å². The molecule has 0 aliphatic carbocycles. The molecule has 2 aliphatic heterocycles. The third-order valence-corrected chi connectivity index (χ3v) is 7.69. The number of pyridine rings is 1. The number of fused-ring (bicyclic) bond motifs is 1. The molecule has 0 radical (unpaired) electrons. The normalized spacial score (nSPS) is 17.9. The average Bonchev–Trinajstić information content (AvgIpc) is 3.49. The van der Waals surface area contributed by atoms with Gasteiger partial charge in [0.2, 0.25) is 5.88 Å². The zero-order chi connectivity index (χ0) is 27.6. The summed E-state index contributed by atoms with van der Waals surface area (Å²) < 4.78 is 29.4. The fraction of sp³-hybridized carbons (Fsp3) is 0.379. The molecule has 2 saturated heterocycles. The molecule has 6 rings (SSSR count). The van der Waals surface area contributed by atoms with E-state index in [1.807, 2.05) is 18.2 Å². The minimum Gasteiger partial charge on any atom is -0.478 e. The number of nitrogens with zero attached hydrogens (tertiary/aromatic N) is 6. The highest BCUT2D eigenvalue weighted by atomic mass is 19.1. The number of piperidine rings is 1. The van der Waals surface area contributed by atoms with Gasteiger partial charge in [0, 0.05) is 36.0 Å². The number of carboxylic acids is 1. The quantitative estimate of drug-likeness (QED) is 0.336. The van der Waals surface area contributed by atoms with Gasteiger partial charge < -0.3 is 19.1 Å². The number of aromatic nitrogens is 4. The van der Waals surface area contributed by atoms with Crippen molar-refractivity contribution in [1.82, 2.24) is 24.1 Å². The fourth-order valence-electron chi connectivity index (χ4n) is 5.31. The number of aromatic carboxylic acids is 1. The third kappa shape index (κ3) is 5.41. The Kier molecular flexibility index (Phi) is 7.19. The molecule has 3 aromatic heterocycles. The summed E-state index contributed by atoms with van der Waals surface area (Å²) in [5, 5.41) is 23.0. The summed E-state index contributed by atoms with van der Waals surface area (Å²) in [5.41, 5.74) is 2.59. The predicted molar refractivity (Wildman–Crippen MR) is 141 cm³/mol. The Balaban J connectivity index is 1.08. The lowest BCUT2D eigenvalue weighted by Gasteiger charge is -2.32. The summed E-state index contributed by atoms with van der Waals surface area (Å²) >= 11 is 0. The molecule has 0 saturated carbocycles. The molecule has 0 spiro atoms. The average molecular weight is 545 g/mol. The number of nitriles is 1. The number of carbonyl (C=O) groups is 1. The van der Waals surface area contributed by atoms with Gasteiger partial charge in [-0.3, -0.25) is 4.90 Å². The van der Waals surface area contributed by atoms with Gasteiger partial charge in [-0.2, -0.15) is 10.4 Å². The fourth-order valence-corrected chi connectivity index (χ4v) is 5.31. The van der Waals surface area contributed by atoms with Crippen LogP contribution in [0.4, 0.5) is 4.39 Å². The Morgan fingerprint density at radius 3 is 2.73 bits per heavy atom. The topological polar surface area (TPSA) is 118 Å². The van der Waals surface area contributed by atoms with Crippen molar-refractivity contribution in [2.75, 3.05) is 19.7 Å². The minimum atomic E-state index is -0.968. The van der Waals surface area contributed by atoms with E-state index < -0.39 is 11.8 Å². The Morgan fingerprint density at radius 1 is 1.20 bits per heavy atom. The van der Waals surface area contributed by atoms with Crippen molar-refractivity contribution in [1.29, 1.82) is 5.26 Å². The Bertz CT molecular complexity index is 1580. The number of benzene rings is 1. The van der Waals surface area contributed by atoms with Crippen molar-refractivity contribution in [3.05, 3.63) is 82.7 Å². The Labute approximate surface area is 230 Å². The SMILES string of the molecule is N#Cc1ccc(COc2cccc(C3CCN(Cc4nn5cc(C(=O)O)cc5n4CC4CCO4)CC3)n2)c(F)c1. The van der Waals surface area contributed by atoms with Crippen molar-refractivity contribution < 1.29 is 23.8 Å². The number of rotatable bonds is 9. The second kappa shape index (κ2) is 11.1. The van der Waals surface area contributed by atoms with E-state index in [4.69, 9.17) is 24.8 Å². The van der Waals surface area contributed by atoms with Gasteiger partial charge in [-0.1, -0.05) is 12.1 Å². The molecule has 1 N–H and O–H groups in total. The monoisotopic (exact) mass is 544 g/mol. The maximum Gasteiger partial charge on any atom is 0.337 e. The first-order valence-corrected chi connectivity index (χ1v) is 13.4. The first kappa shape index (κ1) is 26.0. The molecular weight excluding hydrogens is 515 g/mol. The van der Waals surface area contributed by atoms with Crippen molar-refractivity contribution in [3.8, 4) is 11.9 Å². The van der Waals surface area contributed by atoms with Crippen LogP contribution in [0.15, 0.2) is 48.7 Å². The Morgan fingerprint density at radius 2 is 2.02 bits per heavy atom. The summed E-state index contributed by atoms with van der Waals surface area (Å²) in [6, 6.07) is 13.6. The molecule has 40 heavy (non-hydrogen) atoms. The molecule has 2 aliphatic rings. The summed E-state index contributed by atoms with van der Waals surface area (Å²) in [4.78, 5) is 18.5. The van der Waals surface area contributed by atoms with E-state index in [0.717, 1.165) is 56.1 Å². The van der Waals surface area contributed by atoms with Crippen molar-refractivity contribution in [2.45, 2.75) is 51.0 Å². The van der Waals surface area contributed by atoms with Gasteiger partial charge in [0.1, 0.15) is 23.9 Å². The van der Waals surface area contributed by atoms with E-state index in [9.17, 15) is 14.3 Å². The van der Waals surface area contributed by atoms with Crippen LogP contribution >= 0.6 is 0 Å². The van der Waals surface area contributed by atoms with Crippen LogP contribution in [0.25, 0.3) is 5.65 Å². The lowest BCUT2D eigenvalue weighted by molar-refractivity contribution is -0.0592. The maximum absolute atomic E-state index is 14.2. The summed E-state index contributed by atoms with van der Waals surface area (Å²) in [6.45, 7) is 3.85. The molecular formula is C29H29FN6O4. The lowest BCUT2D eigenvalue weighted by Crippen LogP contribution is -2.35. The minimum absolute atomic E-state index is 0.0353. The number of likely N-dealkylation sites (tertiary alicyclic amines) is 1. The van der Waals surface area contributed by atoms with E-state index in [1.54, 1.807) is 35.0 Å². The second-order valence-electron chi connectivity index (χ2n) is 10.3. The van der Waals surface area contributed by atoms with E-state index in [2.05, 4.69) is 9.47 Å². The molecule has 4 aromatic rings. The number of halogens is 1. The van der Waals surface area contributed by atoms with E-state index in [0.29, 0.717) is 24.5 Å².